The summed E-state index contributed by atoms with van der Waals surface area (Å²) in [5, 5.41) is 3.41. The molecule has 0 bridgehead atoms. The highest BCUT2D eigenvalue weighted by atomic mass is 16.5. The molecule has 1 aromatic heterocycles. The molecule has 3 aromatic rings. The van der Waals surface area contributed by atoms with E-state index in [9.17, 15) is 9.59 Å². The minimum Gasteiger partial charge on any atom is -0.497 e. The molecule has 0 aliphatic heterocycles. The molecule has 0 aliphatic rings. The van der Waals surface area contributed by atoms with Crippen molar-refractivity contribution in [2.45, 2.75) is 13.8 Å². The fourth-order valence-electron chi connectivity index (χ4n) is 2.65. The Morgan fingerprint density at radius 1 is 1.04 bits per heavy atom. The number of benzene rings is 2. The van der Waals surface area contributed by atoms with Gasteiger partial charge in [-0.15, -0.1) is 0 Å². The zero-order valence-corrected chi connectivity index (χ0v) is 15.9. The summed E-state index contributed by atoms with van der Waals surface area (Å²) >= 11 is 0. The summed E-state index contributed by atoms with van der Waals surface area (Å²) in [4.78, 5) is 27.9. The second-order valence-corrected chi connectivity index (χ2v) is 6.32. The average Bonchev–Trinajstić information content (AvgIpc) is 2.67. The van der Waals surface area contributed by atoms with Crippen molar-refractivity contribution in [2.24, 2.45) is 0 Å². The van der Waals surface area contributed by atoms with E-state index in [1.807, 2.05) is 12.1 Å². The lowest BCUT2D eigenvalue weighted by Crippen LogP contribution is -2.09. The topological polar surface area (TPSA) is 77.5 Å². The summed E-state index contributed by atoms with van der Waals surface area (Å²) in [6, 6.07) is 14.3. The smallest absolute Gasteiger partial charge is 0.338 e. The molecule has 0 radical (unpaired) electrons. The number of pyridine rings is 1. The summed E-state index contributed by atoms with van der Waals surface area (Å²) in [6.07, 6.45) is 0. The Morgan fingerprint density at radius 3 is 2.36 bits per heavy atom. The molecular formula is C22H20N2O4. The first-order valence-electron chi connectivity index (χ1n) is 8.62. The summed E-state index contributed by atoms with van der Waals surface area (Å²) in [5.74, 6) is 0.393. The van der Waals surface area contributed by atoms with Crippen LogP contribution in [0.3, 0.4) is 0 Å². The molecule has 6 heteroatoms. The first-order chi connectivity index (χ1) is 13.4. The molecule has 0 unspecified atom stereocenters. The highest BCUT2D eigenvalue weighted by Gasteiger charge is 2.14. The van der Waals surface area contributed by atoms with Gasteiger partial charge in [0.15, 0.2) is 0 Å². The summed E-state index contributed by atoms with van der Waals surface area (Å²) in [5.41, 5.74) is 3.06. The Hall–Kier alpha value is -3.67. The van der Waals surface area contributed by atoms with E-state index in [1.54, 1.807) is 50.4 Å². The SMILES string of the molecule is C=C(C)C(=O)Oc1cc(-c2ccc(NC(C)=O)cc2)nc2cc(OC)ccc12. The molecule has 6 nitrogen and oxygen atoms in total. The molecule has 0 atom stereocenters. The third-order valence-electron chi connectivity index (χ3n) is 4.03. The van der Waals surface area contributed by atoms with E-state index in [2.05, 4.69) is 16.9 Å². The molecule has 0 spiro atoms. The molecule has 0 aliphatic carbocycles. The Kier molecular flexibility index (Phi) is 5.40. The lowest BCUT2D eigenvalue weighted by Gasteiger charge is -2.12. The number of amides is 1. The molecule has 142 valence electrons. The van der Waals surface area contributed by atoms with Crippen molar-refractivity contribution < 1.29 is 19.1 Å². The number of rotatable bonds is 5. The number of hydrogen-bond donors (Lipinski definition) is 1. The van der Waals surface area contributed by atoms with Crippen molar-refractivity contribution in [1.82, 2.24) is 4.98 Å². The van der Waals surface area contributed by atoms with Crippen molar-refractivity contribution in [3.05, 3.63) is 60.7 Å². The molecule has 1 heterocycles. The van der Waals surface area contributed by atoms with Gasteiger partial charge in [-0.05, 0) is 31.2 Å². The maximum atomic E-state index is 12.1. The van der Waals surface area contributed by atoms with Gasteiger partial charge in [0, 0.05) is 41.3 Å². The average molecular weight is 376 g/mol. The van der Waals surface area contributed by atoms with Crippen molar-refractivity contribution in [1.29, 1.82) is 0 Å². The molecule has 3 rings (SSSR count). The van der Waals surface area contributed by atoms with Crippen LogP contribution in [0.1, 0.15) is 13.8 Å². The molecule has 0 saturated heterocycles. The van der Waals surface area contributed by atoms with E-state index in [-0.39, 0.29) is 5.91 Å². The fraction of sp³-hybridized carbons (Fsp3) is 0.136. The standard InChI is InChI=1S/C22H20N2O4/c1-13(2)22(26)28-21-12-19(15-5-7-16(8-6-15)23-14(3)25)24-20-11-17(27-4)9-10-18(20)21/h5-12H,1H2,2-4H3,(H,23,25). The molecule has 2 aromatic carbocycles. The maximum absolute atomic E-state index is 12.1. The predicted octanol–water partition coefficient (Wildman–Crippen LogP) is 4.35. The van der Waals surface area contributed by atoms with Gasteiger partial charge in [0.1, 0.15) is 11.5 Å². The van der Waals surface area contributed by atoms with Crippen LogP contribution in [-0.4, -0.2) is 24.0 Å². The van der Waals surface area contributed by atoms with Crippen LogP contribution < -0.4 is 14.8 Å². The molecule has 0 saturated carbocycles. The van der Waals surface area contributed by atoms with Gasteiger partial charge in [-0.1, -0.05) is 18.7 Å². The second-order valence-electron chi connectivity index (χ2n) is 6.32. The van der Waals surface area contributed by atoms with Crippen LogP contribution in [0, 0.1) is 0 Å². The fourth-order valence-corrected chi connectivity index (χ4v) is 2.65. The van der Waals surface area contributed by atoms with Crippen LogP contribution >= 0.6 is 0 Å². The summed E-state index contributed by atoms with van der Waals surface area (Å²) < 4.78 is 10.8. The number of anilines is 1. The van der Waals surface area contributed by atoms with Crippen molar-refractivity contribution >= 4 is 28.5 Å². The molecule has 0 fully saturated rings. The Bertz CT molecular complexity index is 1070. The van der Waals surface area contributed by atoms with Gasteiger partial charge < -0.3 is 14.8 Å². The van der Waals surface area contributed by atoms with Crippen LogP contribution in [0.2, 0.25) is 0 Å². The quantitative estimate of drug-likeness (QED) is 0.529. The number of nitrogens with zero attached hydrogens (tertiary/aromatic N) is 1. The van der Waals surface area contributed by atoms with E-state index in [0.717, 1.165) is 5.56 Å². The van der Waals surface area contributed by atoms with Crippen LogP contribution in [0.15, 0.2) is 60.7 Å². The minimum atomic E-state index is -0.504. The molecular weight excluding hydrogens is 356 g/mol. The monoisotopic (exact) mass is 376 g/mol. The van der Waals surface area contributed by atoms with Crippen LogP contribution in [0.25, 0.3) is 22.2 Å². The normalized spacial score (nSPS) is 10.4. The van der Waals surface area contributed by atoms with Gasteiger partial charge >= 0.3 is 5.97 Å². The van der Waals surface area contributed by atoms with Gasteiger partial charge in [-0.25, -0.2) is 9.78 Å². The summed E-state index contributed by atoms with van der Waals surface area (Å²) in [6.45, 7) is 6.67. The highest BCUT2D eigenvalue weighted by Crippen LogP contribution is 2.33. The number of carbonyl (C=O) groups excluding carboxylic acids is 2. The third-order valence-corrected chi connectivity index (χ3v) is 4.03. The van der Waals surface area contributed by atoms with Crippen molar-refractivity contribution in [3.8, 4) is 22.8 Å². The molecule has 28 heavy (non-hydrogen) atoms. The Balaban J connectivity index is 2.09. The van der Waals surface area contributed by atoms with E-state index in [1.165, 1.54) is 6.92 Å². The number of fused-ring (bicyclic) bond motifs is 1. The van der Waals surface area contributed by atoms with Crippen LogP contribution in [0.4, 0.5) is 5.69 Å². The van der Waals surface area contributed by atoms with Gasteiger partial charge in [-0.2, -0.15) is 0 Å². The van der Waals surface area contributed by atoms with Gasteiger partial charge in [-0.3, -0.25) is 4.79 Å². The Morgan fingerprint density at radius 2 is 1.75 bits per heavy atom. The predicted molar refractivity (Wildman–Crippen MR) is 108 cm³/mol. The van der Waals surface area contributed by atoms with Crippen LogP contribution in [-0.2, 0) is 9.59 Å². The van der Waals surface area contributed by atoms with E-state index in [4.69, 9.17) is 9.47 Å². The zero-order chi connectivity index (χ0) is 20.3. The highest BCUT2D eigenvalue weighted by molar-refractivity contribution is 5.95. The number of hydrogen-bond acceptors (Lipinski definition) is 5. The van der Waals surface area contributed by atoms with Crippen LogP contribution in [0.5, 0.6) is 11.5 Å². The van der Waals surface area contributed by atoms with E-state index < -0.39 is 5.97 Å². The van der Waals surface area contributed by atoms with Crippen molar-refractivity contribution in [3.63, 3.8) is 0 Å². The third kappa shape index (κ3) is 4.17. The zero-order valence-electron chi connectivity index (χ0n) is 15.9. The number of aromatic nitrogens is 1. The van der Waals surface area contributed by atoms with Gasteiger partial charge in [0.2, 0.25) is 5.91 Å². The van der Waals surface area contributed by atoms with E-state index in [0.29, 0.717) is 39.4 Å². The number of ether oxygens (including phenoxy) is 2. The second kappa shape index (κ2) is 7.92. The van der Waals surface area contributed by atoms with E-state index >= 15 is 0 Å². The van der Waals surface area contributed by atoms with Crippen molar-refractivity contribution in [2.75, 3.05) is 12.4 Å². The minimum absolute atomic E-state index is 0.141. The lowest BCUT2D eigenvalue weighted by atomic mass is 10.1. The van der Waals surface area contributed by atoms with Gasteiger partial charge in [0.25, 0.3) is 0 Å². The maximum Gasteiger partial charge on any atom is 0.338 e. The molecule has 1 amide bonds. The molecule has 1 N–H and O–H groups in total. The first kappa shape index (κ1) is 19.1. The number of nitrogens with one attached hydrogen (secondary N) is 1. The van der Waals surface area contributed by atoms with Gasteiger partial charge in [0.05, 0.1) is 18.3 Å². The number of methoxy groups -OCH3 is 1. The number of esters is 1. The number of carbonyl (C=O) groups is 2. The largest absolute Gasteiger partial charge is 0.497 e. The summed E-state index contributed by atoms with van der Waals surface area (Å²) in [7, 11) is 1.58. The first-order valence-corrected chi connectivity index (χ1v) is 8.62. The Labute approximate surface area is 162 Å². The lowest BCUT2D eigenvalue weighted by molar-refractivity contribution is -0.130.